The Morgan fingerprint density at radius 1 is 1.05 bits per heavy atom. The summed E-state index contributed by atoms with van der Waals surface area (Å²) < 4.78 is 40.2. The molecule has 0 spiro atoms. The zero-order chi connectivity index (χ0) is 14.2. The lowest BCUT2D eigenvalue weighted by Crippen LogP contribution is -2.16. The fraction of sp³-hybridized carbons (Fsp3) is 0.143. The first-order valence-electron chi connectivity index (χ1n) is 5.56. The molecule has 0 saturated heterocycles. The molecule has 0 aliphatic carbocycles. The van der Waals surface area contributed by atoms with Crippen LogP contribution >= 0.6 is 11.6 Å². The van der Waals surface area contributed by atoms with Crippen LogP contribution in [0.15, 0.2) is 30.3 Å². The van der Waals surface area contributed by atoms with Crippen LogP contribution in [0, 0.1) is 24.4 Å². The summed E-state index contributed by atoms with van der Waals surface area (Å²) in [6.07, 6.45) is 0. The molecule has 1 unspecified atom stereocenters. The molecule has 1 nitrogen and oxygen atoms in total. The van der Waals surface area contributed by atoms with Crippen molar-refractivity contribution in [1.29, 1.82) is 0 Å². The van der Waals surface area contributed by atoms with Crippen LogP contribution in [0.5, 0.6) is 0 Å². The van der Waals surface area contributed by atoms with Gasteiger partial charge in [0.2, 0.25) is 0 Å². The first kappa shape index (κ1) is 13.9. The van der Waals surface area contributed by atoms with Crippen molar-refractivity contribution in [3.63, 3.8) is 0 Å². The number of benzene rings is 2. The van der Waals surface area contributed by atoms with E-state index in [0.29, 0.717) is 22.7 Å². The largest absolute Gasteiger partial charge is 0.320 e. The highest BCUT2D eigenvalue weighted by molar-refractivity contribution is 6.31. The highest BCUT2D eigenvalue weighted by Gasteiger charge is 2.21. The van der Waals surface area contributed by atoms with Gasteiger partial charge in [-0.25, -0.2) is 13.2 Å². The summed E-state index contributed by atoms with van der Waals surface area (Å²) in [5, 5.41) is 0.315. The minimum absolute atomic E-state index is 0.315. The molecule has 100 valence electrons. The van der Waals surface area contributed by atoms with Gasteiger partial charge in [0.05, 0.1) is 6.04 Å². The van der Waals surface area contributed by atoms with Crippen molar-refractivity contribution >= 4 is 11.6 Å². The fourth-order valence-corrected chi connectivity index (χ4v) is 2.24. The Kier molecular flexibility index (Phi) is 3.83. The highest BCUT2D eigenvalue weighted by atomic mass is 35.5. The predicted molar refractivity (Wildman–Crippen MR) is 68.5 cm³/mol. The van der Waals surface area contributed by atoms with E-state index in [1.54, 1.807) is 18.2 Å². The molecule has 2 N–H and O–H groups in total. The second-order valence-electron chi connectivity index (χ2n) is 4.29. The standard InChI is InChI=1S/C14H11ClF3N/c1-7-2-3-9(10(15)4-7)14(19)13-11(17)5-8(16)6-12(13)18/h2-6,14H,19H2,1H3. The molecule has 0 saturated carbocycles. The van der Waals surface area contributed by atoms with Crippen LogP contribution in [0.2, 0.25) is 5.02 Å². The maximum absolute atomic E-state index is 13.7. The van der Waals surface area contributed by atoms with Gasteiger partial charge in [0.25, 0.3) is 0 Å². The van der Waals surface area contributed by atoms with E-state index in [0.717, 1.165) is 5.56 Å². The van der Waals surface area contributed by atoms with Gasteiger partial charge >= 0.3 is 0 Å². The molecular formula is C14H11ClF3N. The molecule has 0 aliphatic rings. The first-order valence-corrected chi connectivity index (χ1v) is 5.94. The predicted octanol–water partition coefficient (Wildman–Crippen LogP) is 4.11. The van der Waals surface area contributed by atoms with E-state index < -0.39 is 29.1 Å². The molecule has 0 amide bonds. The lowest BCUT2D eigenvalue weighted by Gasteiger charge is -2.16. The first-order chi connectivity index (χ1) is 8.90. The van der Waals surface area contributed by atoms with Crippen molar-refractivity contribution in [3.8, 4) is 0 Å². The third kappa shape index (κ3) is 2.74. The summed E-state index contributed by atoms with van der Waals surface area (Å²) in [6, 6.07) is 5.09. The van der Waals surface area contributed by atoms with E-state index in [2.05, 4.69) is 0 Å². The van der Waals surface area contributed by atoms with Gasteiger partial charge in [0.15, 0.2) is 0 Å². The highest BCUT2D eigenvalue weighted by Crippen LogP contribution is 2.30. The minimum Gasteiger partial charge on any atom is -0.320 e. The van der Waals surface area contributed by atoms with Gasteiger partial charge in [0.1, 0.15) is 17.5 Å². The average Bonchev–Trinajstić information content (AvgIpc) is 2.26. The van der Waals surface area contributed by atoms with Crippen molar-refractivity contribution in [2.75, 3.05) is 0 Å². The molecular weight excluding hydrogens is 275 g/mol. The minimum atomic E-state index is -1.09. The molecule has 1 atom stereocenters. The Morgan fingerprint density at radius 2 is 1.63 bits per heavy atom. The molecule has 2 rings (SSSR count). The molecule has 0 fully saturated rings. The SMILES string of the molecule is Cc1ccc(C(N)c2c(F)cc(F)cc2F)c(Cl)c1. The third-order valence-corrected chi connectivity index (χ3v) is 3.17. The van der Waals surface area contributed by atoms with Crippen LogP contribution in [0.25, 0.3) is 0 Å². The Bertz CT molecular complexity index is 605. The molecule has 19 heavy (non-hydrogen) atoms. The topological polar surface area (TPSA) is 26.0 Å². The molecule has 0 aliphatic heterocycles. The van der Waals surface area contributed by atoms with Crippen LogP contribution in [0.3, 0.4) is 0 Å². The summed E-state index contributed by atoms with van der Waals surface area (Å²) in [5.74, 6) is -3.04. The second kappa shape index (κ2) is 5.23. The van der Waals surface area contributed by atoms with E-state index >= 15 is 0 Å². The van der Waals surface area contributed by atoms with Gasteiger partial charge in [-0.3, -0.25) is 0 Å². The molecule has 0 aromatic heterocycles. The molecule has 2 aromatic rings. The van der Waals surface area contributed by atoms with Crippen molar-refractivity contribution in [2.24, 2.45) is 5.73 Å². The summed E-state index contributed by atoms with van der Waals surface area (Å²) >= 11 is 6.01. The molecule has 0 radical (unpaired) electrons. The van der Waals surface area contributed by atoms with E-state index in [1.807, 2.05) is 6.92 Å². The fourth-order valence-electron chi connectivity index (χ4n) is 1.89. The monoisotopic (exact) mass is 285 g/mol. The quantitative estimate of drug-likeness (QED) is 0.883. The maximum atomic E-state index is 13.7. The van der Waals surface area contributed by atoms with E-state index in [9.17, 15) is 13.2 Å². The van der Waals surface area contributed by atoms with Crippen LogP contribution in [0.4, 0.5) is 13.2 Å². The van der Waals surface area contributed by atoms with Gasteiger partial charge in [-0.2, -0.15) is 0 Å². The van der Waals surface area contributed by atoms with Gasteiger partial charge in [-0.05, 0) is 24.1 Å². The zero-order valence-electron chi connectivity index (χ0n) is 10.1. The summed E-state index contributed by atoms with van der Waals surface area (Å²) in [4.78, 5) is 0. The maximum Gasteiger partial charge on any atom is 0.134 e. The molecule has 0 heterocycles. The van der Waals surface area contributed by atoms with Gasteiger partial charge in [-0.1, -0.05) is 23.7 Å². The Morgan fingerprint density at radius 3 is 2.16 bits per heavy atom. The second-order valence-corrected chi connectivity index (χ2v) is 4.69. The van der Waals surface area contributed by atoms with E-state index in [4.69, 9.17) is 17.3 Å². The number of rotatable bonds is 2. The van der Waals surface area contributed by atoms with Crippen molar-refractivity contribution in [2.45, 2.75) is 13.0 Å². The zero-order valence-corrected chi connectivity index (χ0v) is 10.8. The van der Waals surface area contributed by atoms with E-state index in [1.165, 1.54) is 0 Å². The molecule has 2 aromatic carbocycles. The van der Waals surface area contributed by atoms with Crippen LogP contribution in [-0.2, 0) is 0 Å². The van der Waals surface area contributed by atoms with Crippen molar-refractivity contribution in [1.82, 2.24) is 0 Å². The van der Waals surface area contributed by atoms with Crippen molar-refractivity contribution < 1.29 is 13.2 Å². The smallest absolute Gasteiger partial charge is 0.134 e. The van der Waals surface area contributed by atoms with Crippen LogP contribution in [-0.4, -0.2) is 0 Å². The van der Waals surface area contributed by atoms with Gasteiger partial charge in [-0.15, -0.1) is 0 Å². The van der Waals surface area contributed by atoms with Crippen LogP contribution < -0.4 is 5.73 Å². The Balaban J connectivity index is 2.53. The number of hydrogen-bond acceptors (Lipinski definition) is 1. The number of halogens is 4. The normalized spacial score (nSPS) is 12.5. The van der Waals surface area contributed by atoms with Gasteiger partial charge < -0.3 is 5.73 Å². The average molecular weight is 286 g/mol. The summed E-state index contributed by atoms with van der Waals surface area (Å²) in [6.45, 7) is 1.83. The van der Waals surface area contributed by atoms with E-state index in [-0.39, 0.29) is 0 Å². The molecule has 5 heteroatoms. The number of nitrogens with two attached hydrogens (primary N) is 1. The lowest BCUT2D eigenvalue weighted by atomic mass is 9.97. The Labute approximate surface area is 113 Å². The summed E-state index contributed by atoms with van der Waals surface area (Å²) in [7, 11) is 0. The van der Waals surface area contributed by atoms with Gasteiger partial charge in [0, 0.05) is 22.7 Å². The molecule has 0 bridgehead atoms. The van der Waals surface area contributed by atoms with Crippen molar-refractivity contribution in [3.05, 3.63) is 69.5 Å². The van der Waals surface area contributed by atoms with Crippen LogP contribution in [0.1, 0.15) is 22.7 Å². The lowest BCUT2D eigenvalue weighted by molar-refractivity contribution is 0.515. The number of hydrogen-bond donors (Lipinski definition) is 1. The third-order valence-electron chi connectivity index (χ3n) is 2.85. The summed E-state index contributed by atoms with van der Waals surface area (Å²) in [5.41, 5.74) is 6.73. The Hall–Kier alpha value is -1.52. The number of aryl methyl sites for hydroxylation is 1.